The lowest BCUT2D eigenvalue weighted by atomic mass is 10.2. The summed E-state index contributed by atoms with van der Waals surface area (Å²) in [6, 6.07) is 7.40. The maximum absolute atomic E-state index is 12.2. The summed E-state index contributed by atoms with van der Waals surface area (Å²) in [4.78, 5) is 20.9. The van der Waals surface area contributed by atoms with Crippen LogP contribution in [0.1, 0.15) is 23.1 Å². The second-order valence-corrected chi connectivity index (χ2v) is 6.28. The maximum atomic E-state index is 12.2. The van der Waals surface area contributed by atoms with E-state index in [-0.39, 0.29) is 5.97 Å². The van der Waals surface area contributed by atoms with Crippen molar-refractivity contribution in [3.8, 4) is 0 Å². The van der Waals surface area contributed by atoms with Gasteiger partial charge >= 0.3 is 5.97 Å². The highest BCUT2D eigenvalue weighted by atomic mass is 16.5. The van der Waals surface area contributed by atoms with Gasteiger partial charge in [0, 0.05) is 32.4 Å². The Morgan fingerprint density at radius 1 is 1.11 bits per heavy atom. The molecule has 0 aromatic carbocycles. The molecule has 3 aromatic heterocycles. The van der Waals surface area contributed by atoms with E-state index in [4.69, 9.17) is 4.74 Å². The van der Waals surface area contributed by atoms with Crippen LogP contribution in [0.2, 0.25) is 0 Å². The fourth-order valence-corrected chi connectivity index (χ4v) is 3.22. The third-order valence-corrected chi connectivity index (χ3v) is 4.59. The summed E-state index contributed by atoms with van der Waals surface area (Å²) in [6.07, 6.45) is 1.70. The minimum Gasteiger partial charge on any atom is -0.462 e. The SMILES string of the molecule is CCOC(=O)c1cccnc1N1CCN(c2ccc3nnc(C)n3n2)CC1. The summed E-state index contributed by atoms with van der Waals surface area (Å²) in [6.45, 7) is 7.06. The maximum Gasteiger partial charge on any atom is 0.341 e. The normalized spacial score (nSPS) is 14.6. The molecule has 9 nitrogen and oxygen atoms in total. The number of rotatable bonds is 4. The van der Waals surface area contributed by atoms with E-state index in [2.05, 4.69) is 30.1 Å². The van der Waals surface area contributed by atoms with Gasteiger partial charge in [-0.15, -0.1) is 15.3 Å². The molecule has 0 aliphatic carbocycles. The highest BCUT2D eigenvalue weighted by Crippen LogP contribution is 2.22. The van der Waals surface area contributed by atoms with Gasteiger partial charge in [0.2, 0.25) is 0 Å². The average molecular weight is 367 g/mol. The van der Waals surface area contributed by atoms with Gasteiger partial charge in [0.15, 0.2) is 11.5 Å². The zero-order valence-electron chi connectivity index (χ0n) is 15.4. The summed E-state index contributed by atoms with van der Waals surface area (Å²) in [7, 11) is 0. The van der Waals surface area contributed by atoms with Crippen LogP contribution >= 0.6 is 0 Å². The number of carbonyl (C=O) groups excluding carboxylic acids is 1. The van der Waals surface area contributed by atoms with E-state index >= 15 is 0 Å². The Bertz CT molecular complexity index is 963. The number of anilines is 2. The number of piperazine rings is 1. The van der Waals surface area contributed by atoms with Gasteiger partial charge in [-0.1, -0.05) is 0 Å². The smallest absolute Gasteiger partial charge is 0.341 e. The van der Waals surface area contributed by atoms with Crippen LogP contribution in [0.25, 0.3) is 5.65 Å². The number of carbonyl (C=O) groups is 1. The summed E-state index contributed by atoms with van der Waals surface area (Å²) in [5.74, 6) is 1.99. The van der Waals surface area contributed by atoms with Gasteiger partial charge in [-0.3, -0.25) is 0 Å². The quantitative estimate of drug-likeness (QED) is 0.638. The van der Waals surface area contributed by atoms with Crippen molar-refractivity contribution in [1.82, 2.24) is 24.8 Å². The van der Waals surface area contributed by atoms with E-state index in [1.807, 2.05) is 19.1 Å². The molecule has 0 unspecified atom stereocenters. The Balaban J connectivity index is 1.50. The van der Waals surface area contributed by atoms with Crippen molar-refractivity contribution < 1.29 is 9.53 Å². The molecule has 0 bridgehead atoms. The molecule has 4 heterocycles. The molecule has 3 aromatic rings. The van der Waals surface area contributed by atoms with Gasteiger partial charge in [0.25, 0.3) is 0 Å². The first-order valence-corrected chi connectivity index (χ1v) is 8.98. The Hall–Kier alpha value is -3.23. The van der Waals surface area contributed by atoms with Crippen molar-refractivity contribution in [2.75, 3.05) is 42.6 Å². The fourth-order valence-electron chi connectivity index (χ4n) is 3.22. The standard InChI is InChI=1S/C18H21N7O2/c1-3-27-18(26)14-5-4-8-19-17(14)24-11-9-23(10-12-24)16-7-6-15-21-20-13(2)25(15)22-16/h4-8H,3,9-12H2,1-2H3. The van der Waals surface area contributed by atoms with Crippen LogP contribution < -0.4 is 9.80 Å². The van der Waals surface area contributed by atoms with Crippen molar-refractivity contribution >= 4 is 23.3 Å². The summed E-state index contributed by atoms with van der Waals surface area (Å²) in [5, 5.41) is 12.8. The molecule has 0 atom stereocenters. The van der Waals surface area contributed by atoms with Crippen molar-refractivity contribution in [1.29, 1.82) is 0 Å². The van der Waals surface area contributed by atoms with E-state index in [0.29, 0.717) is 18.0 Å². The number of pyridine rings is 1. The minimum absolute atomic E-state index is 0.335. The molecule has 9 heteroatoms. The van der Waals surface area contributed by atoms with E-state index in [1.54, 1.807) is 29.8 Å². The Morgan fingerprint density at radius 3 is 2.67 bits per heavy atom. The third-order valence-electron chi connectivity index (χ3n) is 4.59. The van der Waals surface area contributed by atoms with E-state index in [0.717, 1.165) is 43.5 Å². The summed E-state index contributed by atoms with van der Waals surface area (Å²) in [5.41, 5.74) is 1.25. The minimum atomic E-state index is -0.335. The Morgan fingerprint density at radius 2 is 1.89 bits per heavy atom. The molecule has 0 saturated carbocycles. The summed E-state index contributed by atoms with van der Waals surface area (Å²) >= 11 is 0. The first-order valence-electron chi connectivity index (χ1n) is 8.98. The van der Waals surface area contributed by atoms with Gasteiger partial charge < -0.3 is 14.5 Å². The average Bonchev–Trinajstić information content (AvgIpc) is 3.09. The number of hydrogen-bond acceptors (Lipinski definition) is 8. The molecule has 140 valence electrons. The third kappa shape index (κ3) is 3.27. The molecule has 27 heavy (non-hydrogen) atoms. The van der Waals surface area contributed by atoms with Crippen molar-refractivity contribution in [3.63, 3.8) is 0 Å². The second kappa shape index (κ2) is 7.18. The van der Waals surface area contributed by atoms with Crippen LogP contribution in [0.5, 0.6) is 0 Å². The number of esters is 1. The molecule has 0 amide bonds. The van der Waals surface area contributed by atoms with Crippen LogP contribution in [-0.4, -0.2) is 63.6 Å². The summed E-state index contributed by atoms with van der Waals surface area (Å²) < 4.78 is 6.90. The number of aromatic nitrogens is 5. The van der Waals surface area contributed by atoms with E-state index < -0.39 is 0 Å². The largest absolute Gasteiger partial charge is 0.462 e. The monoisotopic (exact) mass is 367 g/mol. The van der Waals surface area contributed by atoms with E-state index in [1.165, 1.54) is 0 Å². The highest BCUT2D eigenvalue weighted by Gasteiger charge is 2.24. The molecule has 1 aliphatic rings. The van der Waals surface area contributed by atoms with Gasteiger partial charge in [-0.25, -0.2) is 9.78 Å². The van der Waals surface area contributed by atoms with Gasteiger partial charge in [0.05, 0.1) is 6.61 Å². The predicted molar refractivity (Wildman–Crippen MR) is 100 cm³/mol. The number of fused-ring (bicyclic) bond motifs is 1. The lowest BCUT2D eigenvalue weighted by molar-refractivity contribution is 0.0526. The van der Waals surface area contributed by atoms with Crippen molar-refractivity contribution in [2.24, 2.45) is 0 Å². The fraction of sp³-hybridized carbons (Fsp3) is 0.389. The molecule has 0 radical (unpaired) electrons. The van der Waals surface area contributed by atoms with Gasteiger partial charge in [0.1, 0.15) is 17.2 Å². The van der Waals surface area contributed by atoms with Gasteiger partial charge in [-0.05, 0) is 38.1 Å². The predicted octanol–water partition coefficient (Wildman–Crippen LogP) is 1.33. The number of nitrogens with zero attached hydrogens (tertiary/aromatic N) is 7. The second-order valence-electron chi connectivity index (χ2n) is 6.28. The molecule has 1 fully saturated rings. The zero-order chi connectivity index (χ0) is 18.8. The zero-order valence-corrected chi connectivity index (χ0v) is 15.4. The van der Waals surface area contributed by atoms with Crippen molar-refractivity contribution in [3.05, 3.63) is 41.9 Å². The van der Waals surface area contributed by atoms with Crippen LogP contribution in [0.15, 0.2) is 30.5 Å². The molecular weight excluding hydrogens is 346 g/mol. The first kappa shape index (κ1) is 17.2. The highest BCUT2D eigenvalue weighted by molar-refractivity contribution is 5.94. The van der Waals surface area contributed by atoms with Crippen LogP contribution in [0.3, 0.4) is 0 Å². The number of hydrogen-bond donors (Lipinski definition) is 0. The molecular formula is C18H21N7O2. The van der Waals surface area contributed by atoms with Crippen LogP contribution in [-0.2, 0) is 4.74 Å². The lowest BCUT2D eigenvalue weighted by Gasteiger charge is -2.36. The van der Waals surface area contributed by atoms with Crippen LogP contribution in [0.4, 0.5) is 11.6 Å². The molecule has 1 saturated heterocycles. The molecule has 0 N–H and O–H groups in total. The molecule has 1 aliphatic heterocycles. The lowest BCUT2D eigenvalue weighted by Crippen LogP contribution is -2.47. The molecule has 0 spiro atoms. The number of aryl methyl sites for hydroxylation is 1. The Kier molecular flexibility index (Phi) is 4.57. The Labute approximate surface area is 156 Å². The topological polar surface area (TPSA) is 88.8 Å². The van der Waals surface area contributed by atoms with E-state index in [9.17, 15) is 4.79 Å². The molecule has 4 rings (SSSR count). The van der Waals surface area contributed by atoms with Crippen molar-refractivity contribution in [2.45, 2.75) is 13.8 Å². The first-order chi connectivity index (χ1) is 13.2. The van der Waals surface area contributed by atoms with Crippen LogP contribution in [0, 0.1) is 6.92 Å². The van der Waals surface area contributed by atoms with Gasteiger partial charge in [-0.2, -0.15) is 4.52 Å². The number of ether oxygens (including phenoxy) is 1.